The molecule has 0 unspecified atom stereocenters. The molecule has 0 heterocycles. The zero-order valence-corrected chi connectivity index (χ0v) is 9.04. The molecule has 1 rings (SSSR count). The quantitative estimate of drug-likeness (QED) is 0.350. The van der Waals surface area contributed by atoms with Gasteiger partial charge in [0, 0.05) is 16.1 Å². The van der Waals surface area contributed by atoms with Crippen LogP contribution in [0.3, 0.4) is 0 Å². The van der Waals surface area contributed by atoms with Crippen LogP contribution in [0.2, 0.25) is 0 Å². The van der Waals surface area contributed by atoms with Crippen LogP contribution in [-0.4, -0.2) is 11.1 Å². The van der Waals surface area contributed by atoms with Crippen LogP contribution < -0.4 is 5.73 Å². The number of thiocyanates is 1. The second kappa shape index (κ2) is 5.69. The molecule has 0 bridgehead atoms. The molecule has 0 amide bonds. The van der Waals surface area contributed by atoms with Crippen molar-refractivity contribution in [2.45, 2.75) is 11.3 Å². The number of carboxylic acid groups (broad SMARTS) is 1. The van der Waals surface area contributed by atoms with Gasteiger partial charge in [0.1, 0.15) is 11.8 Å². The lowest BCUT2D eigenvalue weighted by atomic mass is 10.2. The van der Waals surface area contributed by atoms with Gasteiger partial charge in [0.05, 0.1) is 0 Å². The average Bonchev–Trinajstić information content (AvgIpc) is 2.22. The van der Waals surface area contributed by atoms with Crippen LogP contribution in [0.5, 0.6) is 0 Å². The standard InChI is InChI=1S/C11H8N2O2S/c12-7-16-9-4-5-10(13)8(6-9)2-1-3-11(14)15/h4-6H,3,13H2,(H,14,15). The molecule has 0 aliphatic rings. The molecule has 0 saturated carbocycles. The normalized spacial score (nSPS) is 8.69. The number of nitrogen functional groups attached to an aromatic ring is 1. The van der Waals surface area contributed by atoms with E-state index in [1.54, 1.807) is 18.2 Å². The second-order valence-electron chi connectivity index (χ2n) is 2.81. The van der Waals surface area contributed by atoms with E-state index in [1.807, 2.05) is 5.40 Å². The number of nitrogens with two attached hydrogens (primary N) is 1. The van der Waals surface area contributed by atoms with Gasteiger partial charge in [-0.25, -0.2) is 0 Å². The highest BCUT2D eigenvalue weighted by Crippen LogP contribution is 2.21. The Kier molecular flexibility index (Phi) is 4.26. The molecule has 0 atom stereocenters. The first-order chi connectivity index (χ1) is 7.63. The molecular weight excluding hydrogens is 224 g/mol. The number of anilines is 1. The molecule has 0 fully saturated rings. The third kappa shape index (κ3) is 3.56. The molecule has 0 radical (unpaired) electrons. The number of aliphatic carboxylic acids is 1. The lowest BCUT2D eigenvalue weighted by Crippen LogP contribution is -1.92. The summed E-state index contributed by atoms with van der Waals surface area (Å²) >= 11 is 1.00. The van der Waals surface area contributed by atoms with E-state index in [0.29, 0.717) is 11.3 Å². The van der Waals surface area contributed by atoms with E-state index >= 15 is 0 Å². The van der Waals surface area contributed by atoms with Crippen LogP contribution in [0.1, 0.15) is 12.0 Å². The van der Waals surface area contributed by atoms with Crippen molar-refractivity contribution in [1.82, 2.24) is 0 Å². The summed E-state index contributed by atoms with van der Waals surface area (Å²) in [5.74, 6) is 4.18. The SMILES string of the molecule is N#CSc1ccc(N)c(C#CCC(=O)O)c1. The zero-order valence-electron chi connectivity index (χ0n) is 8.23. The van der Waals surface area contributed by atoms with Crippen LogP contribution in [0, 0.1) is 22.5 Å². The number of hydrogen-bond acceptors (Lipinski definition) is 4. The number of carbonyl (C=O) groups is 1. The first kappa shape index (κ1) is 12.0. The van der Waals surface area contributed by atoms with Gasteiger partial charge in [-0.05, 0) is 30.0 Å². The summed E-state index contributed by atoms with van der Waals surface area (Å²) in [4.78, 5) is 11.0. The smallest absolute Gasteiger partial charge is 0.315 e. The van der Waals surface area contributed by atoms with E-state index in [9.17, 15) is 4.79 Å². The summed E-state index contributed by atoms with van der Waals surface area (Å²) in [6, 6.07) is 5.02. The van der Waals surface area contributed by atoms with Crippen molar-refractivity contribution in [3.63, 3.8) is 0 Å². The highest BCUT2D eigenvalue weighted by molar-refractivity contribution is 8.03. The first-order valence-corrected chi connectivity index (χ1v) is 5.11. The van der Waals surface area contributed by atoms with Gasteiger partial charge < -0.3 is 10.8 Å². The highest BCUT2D eigenvalue weighted by atomic mass is 32.2. The summed E-state index contributed by atoms with van der Waals surface area (Å²) in [7, 11) is 0. The monoisotopic (exact) mass is 232 g/mol. The van der Waals surface area contributed by atoms with Crippen molar-refractivity contribution >= 4 is 23.4 Å². The Bertz CT molecular complexity index is 509. The largest absolute Gasteiger partial charge is 0.481 e. The number of rotatable bonds is 2. The Hall–Kier alpha value is -2.11. The maximum atomic E-state index is 10.3. The van der Waals surface area contributed by atoms with Crippen molar-refractivity contribution < 1.29 is 9.90 Å². The lowest BCUT2D eigenvalue weighted by Gasteiger charge is -1.99. The topological polar surface area (TPSA) is 87.1 Å². The van der Waals surface area contributed by atoms with Gasteiger partial charge in [0.2, 0.25) is 0 Å². The fourth-order valence-electron chi connectivity index (χ4n) is 0.975. The molecular formula is C11H8N2O2S. The molecule has 16 heavy (non-hydrogen) atoms. The molecule has 0 saturated heterocycles. The van der Waals surface area contributed by atoms with E-state index in [-0.39, 0.29) is 6.42 Å². The molecule has 4 nitrogen and oxygen atoms in total. The van der Waals surface area contributed by atoms with Crippen LogP contribution in [0.15, 0.2) is 23.1 Å². The average molecular weight is 232 g/mol. The van der Waals surface area contributed by atoms with Gasteiger partial charge in [-0.1, -0.05) is 11.8 Å². The number of thioether (sulfide) groups is 1. The van der Waals surface area contributed by atoms with E-state index in [2.05, 4.69) is 11.8 Å². The van der Waals surface area contributed by atoms with Crippen LogP contribution in [0.4, 0.5) is 5.69 Å². The third-order valence-electron chi connectivity index (χ3n) is 1.65. The van der Waals surface area contributed by atoms with E-state index < -0.39 is 5.97 Å². The van der Waals surface area contributed by atoms with Crippen LogP contribution in [-0.2, 0) is 4.79 Å². The number of nitrogens with zero attached hydrogens (tertiary/aromatic N) is 1. The molecule has 1 aromatic carbocycles. The molecule has 0 aliphatic carbocycles. The zero-order chi connectivity index (χ0) is 12.0. The minimum absolute atomic E-state index is 0.227. The maximum absolute atomic E-state index is 10.3. The molecule has 3 N–H and O–H groups in total. The van der Waals surface area contributed by atoms with Gasteiger partial charge >= 0.3 is 5.97 Å². The Morgan fingerprint density at radius 1 is 1.56 bits per heavy atom. The highest BCUT2D eigenvalue weighted by Gasteiger charge is 1.99. The summed E-state index contributed by atoms with van der Waals surface area (Å²) in [5.41, 5.74) is 6.68. The fourth-order valence-corrected chi connectivity index (χ4v) is 1.39. The third-order valence-corrected chi connectivity index (χ3v) is 2.23. The number of carboxylic acids is 1. The van der Waals surface area contributed by atoms with E-state index in [0.717, 1.165) is 16.7 Å². The second-order valence-corrected chi connectivity index (χ2v) is 3.67. The van der Waals surface area contributed by atoms with Crippen molar-refractivity contribution in [3.05, 3.63) is 23.8 Å². The Morgan fingerprint density at radius 2 is 2.31 bits per heavy atom. The van der Waals surface area contributed by atoms with Crippen molar-refractivity contribution in [3.8, 4) is 17.2 Å². The summed E-state index contributed by atoms with van der Waals surface area (Å²) in [5, 5.41) is 18.9. The number of nitriles is 1. The summed E-state index contributed by atoms with van der Waals surface area (Å²) < 4.78 is 0. The Balaban J connectivity index is 2.93. The molecule has 0 spiro atoms. The first-order valence-electron chi connectivity index (χ1n) is 4.29. The molecule has 0 aliphatic heterocycles. The van der Waals surface area contributed by atoms with Crippen molar-refractivity contribution in [1.29, 1.82) is 5.26 Å². The Labute approximate surface area is 97.1 Å². The van der Waals surface area contributed by atoms with Crippen molar-refractivity contribution in [2.24, 2.45) is 0 Å². The maximum Gasteiger partial charge on any atom is 0.315 e. The predicted molar refractivity (Wildman–Crippen MR) is 61.5 cm³/mol. The summed E-state index contributed by atoms with van der Waals surface area (Å²) in [6.45, 7) is 0. The van der Waals surface area contributed by atoms with Gasteiger partial charge in [-0.3, -0.25) is 4.79 Å². The van der Waals surface area contributed by atoms with Gasteiger partial charge in [0.15, 0.2) is 0 Å². The van der Waals surface area contributed by atoms with Gasteiger partial charge in [-0.2, -0.15) is 5.26 Å². The Morgan fingerprint density at radius 3 is 2.94 bits per heavy atom. The van der Waals surface area contributed by atoms with Gasteiger partial charge in [-0.15, -0.1) is 0 Å². The molecule has 5 heteroatoms. The van der Waals surface area contributed by atoms with Crippen LogP contribution in [0.25, 0.3) is 0 Å². The molecule has 1 aromatic rings. The number of benzene rings is 1. The fraction of sp³-hybridized carbons (Fsp3) is 0.0909. The predicted octanol–water partition coefficient (Wildman–Crippen LogP) is 1.67. The molecule has 80 valence electrons. The lowest BCUT2D eigenvalue weighted by molar-refractivity contribution is -0.135. The minimum Gasteiger partial charge on any atom is -0.481 e. The van der Waals surface area contributed by atoms with E-state index in [1.165, 1.54) is 0 Å². The van der Waals surface area contributed by atoms with E-state index in [4.69, 9.17) is 16.1 Å². The van der Waals surface area contributed by atoms with Gasteiger partial charge in [0.25, 0.3) is 0 Å². The van der Waals surface area contributed by atoms with Crippen molar-refractivity contribution in [2.75, 3.05) is 5.73 Å². The summed E-state index contributed by atoms with van der Waals surface area (Å²) in [6.07, 6.45) is -0.227. The minimum atomic E-state index is -0.978. The number of hydrogen-bond donors (Lipinski definition) is 2. The molecule has 0 aromatic heterocycles. The van der Waals surface area contributed by atoms with Crippen LogP contribution >= 0.6 is 11.8 Å².